The fourth-order valence-electron chi connectivity index (χ4n) is 3.29. The number of piperidine rings is 1. The average molecular weight is 270 g/mol. The highest BCUT2D eigenvalue weighted by atomic mass is 16.3. The van der Waals surface area contributed by atoms with Crippen molar-refractivity contribution < 1.29 is 5.11 Å². The lowest BCUT2D eigenvalue weighted by atomic mass is 9.90. The first kappa shape index (κ1) is 16.9. The van der Waals surface area contributed by atoms with Crippen molar-refractivity contribution in [3.8, 4) is 0 Å². The zero-order chi connectivity index (χ0) is 14.5. The molecule has 1 heterocycles. The quantitative estimate of drug-likeness (QED) is 0.746. The summed E-state index contributed by atoms with van der Waals surface area (Å²) >= 11 is 0. The summed E-state index contributed by atoms with van der Waals surface area (Å²) in [6.45, 7) is 15.1. The summed E-state index contributed by atoms with van der Waals surface area (Å²) in [6.07, 6.45) is 3.49. The maximum absolute atomic E-state index is 10.4. The third kappa shape index (κ3) is 6.24. The van der Waals surface area contributed by atoms with Gasteiger partial charge in [0.15, 0.2) is 0 Å². The van der Waals surface area contributed by atoms with E-state index in [1.165, 1.54) is 25.9 Å². The van der Waals surface area contributed by atoms with Gasteiger partial charge in [0.1, 0.15) is 0 Å². The van der Waals surface area contributed by atoms with E-state index in [9.17, 15) is 5.11 Å². The minimum Gasteiger partial charge on any atom is -0.389 e. The minimum atomic E-state index is -0.582. The number of aliphatic hydroxyl groups is 1. The van der Waals surface area contributed by atoms with Crippen LogP contribution in [-0.4, -0.2) is 47.8 Å². The van der Waals surface area contributed by atoms with Crippen molar-refractivity contribution in [2.45, 2.75) is 65.5 Å². The van der Waals surface area contributed by atoms with Gasteiger partial charge < -0.3 is 15.3 Å². The first-order valence-electron chi connectivity index (χ1n) is 8.02. The maximum atomic E-state index is 10.4. The van der Waals surface area contributed by atoms with Crippen molar-refractivity contribution in [1.29, 1.82) is 0 Å². The molecule has 114 valence electrons. The lowest BCUT2D eigenvalue weighted by Gasteiger charge is -2.37. The highest BCUT2D eigenvalue weighted by molar-refractivity contribution is 4.84. The molecular weight excluding hydrogens is 236 g/mol. The van der Waals surface area contributed by atoms with Gasteiger partial charge in [0.25, 0.3) is 0 Å². The van der Waals surface area contributed by atoms with Gasteiger partial charge in [-0.2, -0.15) is 0 Å². The summed E-state index contributed by atoms with van der Waals surface area (Å²) in [5.74, 6) is 1.26. The Morgan fingerprint density at radius 2 is 2.05 bits per heavy atom. The van der Waals surface area contributed by atoms with E-state index in [1.807, 2.05) is 6.92 Å². The Morgan fingerprint density at radius 3 is 2.63 bits per heavy atom. The Balaban J connectivity index is 2.35. The molecule has 0 aromatic heterocycles. The monoisotopic (exact) mass is 270 g/mol. The molecule has 1 aliphatic heterocycles. The number of likely N-dealkylation sites (tertiary alicyclic amines) is 1. The van der Waals surface area contributed by atoms with E-state index in [-0.39, 0.29) is 0 Å². The van der Waals surface area contributed by atoms with Crippen LogP contribution in [0.5, 0.6) is 0 Å². The summed E-state index contributed by atoms with van der Waals surface area (Å²) < 4.78 is 0. The van der Waals surface area contributed by atoms with Crippen LogP contribution in [-0.2, 0) is 0 Å². The normalized spacial score (nSPS) is 26.4. The van der Waals surface area contributed by atoms with Crippen LogP contribution in [0.25, 0.3) is 0 Å². The SMILES string of the molecule is CCN1CCCC(C(C)NCC(C)(O)CC(C)C)C1. The van der Waals surface area contributed by atoms with Crippen molar-refractivity contribution in [3.05, 3.63) is 0 Å². The molecule has 3 heteroatoms. The first-order valence-corrected chi connectivity index (χ1v) is 8.02. The predicted molar refractivity (Wildman–Crippen MR) is 82.4 cm³/mol. The maximum Gasteiger partial charge on any atom is 0.0746 e. The lowest BCUT2D eigenvalue weighted by Crippen LogP contribution is -2.48. The van der Waals surface area contributed by atoms with Crippen molar-refractivity contribution in [2.75, 3.05) is 26.2 Å². The van der Waals surface area contributed by atoms with Gasteiger partial charge in [0, 0.05) is 19.1 Å². The molecule has 0 spiro atoms. The predicted octanol–water partition coefficient (Wildman–Crippen LogP) is 2.49. The Morgan fingerprint density at radius 1 is 1.37 bits per heavy atom. The standard InChI is InChI=1S/C16H34N2O/c1-6-18-9-7-8-15(11-18)14(4)17-12-16(5,19)10-13(2)3/h13-15,17,19H,6-12H2,1-5H3. The molecule has 0 aromatic carbocycles. The molecule has 1 saturated heterocycles. The molecule has 0 bridgehead atoms. The van der Waals surface area contributed by atoms with Gasteiger partial charge >= 0.3 is 0 Å². The topological polar surface area (TPSA) is 35.5 Å². The van der Waals surface area contributed by atoms with E-state index in [1.54, 1.807) is 0 Å². The summed E-state index contributed by atoms with van der Waals surface area (Å²) in [5, 5.41) is 13.9. The molecule has 1 rings (SSSR count). The highest BCUT2D eigenvalue weighted by Gasteiger charge is 2.27. The zero-order valence-electron chi connectivity index (χ0n) is 13.6. The van der Waals surface area contributed by atoms with Crippen LogP contribution in [0.1, 0.15) is 53.9 Å². The summed E-state index contributed by atoms with van der Waals surface area (Å²) in [5.41, 5.74) is -0.582. The molecule has 3 unspecified atom stereocenters. The Kier molecular flexibility index (Phi) is 6.78. The van der Waals surface area contributed by atoms with Crippen LogP contribution in [0, 0.1) is 11.8 Å². The van der Waals surface area contributed by atoms with Crippen LogP contribution >= 0.6 is 0 Å². The molecule has 0 radical (unpaired) electrons. The molecule has 3 nitrogen and oxygen atoms in total. The van der Waals surface area contributed by atoms with Gasteiger partial charge in [-0.3, -0.25) is 0 Å². The zero-order valence-corrected chi connectivity index (χ0v) is 13.6. The van der Waals surface area contributed by atoms with Gasteiger partial charge in [-0.15, -0.1) is 0 Å². The molecule has 19 heavy (non-hydrogen) atoms. The van der Waals surface area contributed by atoms with Crippen molar-refractivity contribution >= 4 is 0 Å². The second kappa shape index (κ2) is 7.61. The van der Waals surface area contributed by atoms with Crippen LogP contribution in [0.3, 0.4) is 0 Å². The van der Waals surface area contributed by atoms with Gasteiger partial charge in [-0.05, 0) is 58.0 Å². The fraction of sp³-hybridized carbons (Fsp3) is 1.00. The number of hydrogen-bond donors (Lipinski definition) is 2. The molecule has 3 atom stereocenters. The van der Waals surface area contributed by atoms with Gasteiger partial charge in [-0.25, -0.2) is 0 Å². The van der Waals surface area contributed by atoms with E-state index < -0.39 is 5.60 Å². The third-order valence-electron chi connectivity index (χ3n) is 4.35. The van der Waals surface area contributed by atoms with Crippen molar-refractivity contribution in [3.63, 3.8) is 0 Å². The van der Waals surface area contributed by atoms with E-state index in [0.717, 1.165) is 18.9 Å². The first-order chi connectivity index (χ1) is 8.84. The number of rotatable bonds is 7. The van der Waals surface area contributed by atoms with Crippen molar-refractivity contribution in [1.82, 2.24) is 10.2 Å². The Labute approximate surface area is 119 Å². The molecule has 1 fully saturated rings. The minimum absolute atomic E-state index is 0.494. The lowest BCUT2D eigenvalue weighted by molar-refractivity contribution is 0.0322. The molecule has 2 N–H and O–H groups in total. The van der Waals surface area contributed by atoms with Crippen LogP contribution in [0.4, 0.5) is 0 Å². The fourth-order valence-corrected chi connectivity index (χ4v) is 3.29. The third-order valence-corrected chi connectivity index (χ3v) is 4.35. The molecule has 0 amide bonds. The van der Waals surface area contributed by atoms with Crippen LogP contribution < -0.4 is 5.32 Å². The van der Waals surface area contributed by atoms with Crippen molar-refractivity contribution in [2.24, 2.45) is 11.8 Å². The van der Waals surface area contributed by atoms with Gasteiger partial charge in [0.05, 0.1) is 5.60 Å². The van der Waals surface area contributed by atoms with Gasteiger partial charge in [0.2, 0.25) is 0 Å². The molecule has 0 aromatic rings. The molecule has 0 saturated carbocycles. The molecule has 0 aliphatic carbocycles. The number of nitrogens with zero attached hydrogens (tertiary/aromatic N) is 1. The number of nitrogens with one attached hydrogen (secondary N) is 1. The summed E-state index contributed by atoms with van der Waals surface area (Å²) in [4.78, 5) is 2.54. The molecular formula is C16H34N2O. The van der Waals surface area contributed by atoms with Crippen LogP contribution in [0.15, 0.2) is 0 Å². The second-order valence-electron chi connectivity index (χ2n) is 7.06. The molecule has 1 aliphatic rings. The van der Waals surface area contributed by atoms with E-state index in [4.69, 9.17) is 0 Å². The van der Waals surface area contributed by atoms with E-state index in [2.05, 4.69) is 37.9 Å². The van der Waals surface area contributed by atoms with E-state index in [0.29, 0.717) is 18.5 Å². The van der Waals surface area contributed by atoms with Crippen LogP contribution in [0.2, 0.25) is 0 Å². The average Bonchev–Trinajstić information content (AvgIpc) is 2.34. The summed E-state index contributed by atoms with van der Waals surface area (Å²) in [6, 6.07) is 0.494. The number of hydrogen-bond acceptors (Lipinski definition) is 3. The second-order valence-corrected chi connectivity index (χ2v) is 7.06. The highest BCUT2D eigenvalue weighted by Crippen LogP contribution is 2.21. The van der Waals surface area contributed by atoms with Gasteiger partial charge in [-0.1, -0.05) is 20.8 Å². The largest absolute Gasteiger partial charge is 0.389 e. The smallest absolute Gasteiger partial charge is 0.0746 e. The Bertz CT molecular complexity index is 253. The van der Waals surface area contributed by atoms with E-state index >= 15 is 0 Å². The summed E-state index contributed by atoms with van der Waals surface area (Å²) in [7, 11) is 0. The Hall–Kier alpha value is -0.120.